The van der Waals surface area contributed by atoms with Crippen molar-refractivity contribution in [1.29, 1.82) is 0 Å². The summed E-state index contributed by atoms with van der Waals surface area (Å²) < 4.78 is 21.1. The molecule has 1 saturated heterocycles. The molecule has 458 valence electrons. The van der Waals surface area contributed by atoms with Gasteiger partial charge in [0.1, 0.15) is 34.7 Å². The highest BCUT2D eigenvalue weighted by Gasteiger charge is 2.45. The van der Waals surface area contributed by atoms with Crippen molar-refractivity contribution in [2.75, 3.05) is 51.4 Å². The zero-order chi connectivity index (χ0) is 61.4. The van der Waals surface area contributed by atoms with E-state index in [1.165, 1.54) is 32.7 Å². The number of H-pyrrole nitrogens is 1. The van der Waals surface area contributed by atoms with Crippen LogP contribution in [0.5, 0.6) is 5.75 Å². The van der Waals surface area contributed by atoms with Crippen molar-refractivity contribution in [2.24, 2.45) is 35.3 Å². The lowest BCUT2D eigenvalue weighted by Gasteiger charge is -2.32. The Kier molecular flexibility index (Phi) is 25.2. The Labute approximate surface area is 485 Å². The van der Waals surface area contributed by atoms with E-state index < -0.39 is 206 Å². The van der Waals surface area contributed by atoms with Crippen molar-refractivity contribution in [3.8, 4) is 5.75 Å². The number of rotatable bonds is 20. The zero-order valence-corrected chi connectivity index (χ0v) is 48.7. The molecule has 13 N–H and O–H groups in total. The largest absolute Gasteiger partial charge is 0.496 e. The molecule has 83 heavy (non-hydrogen) atoms. The van der Waals surface area contributed by atoms with E-state index in [-0.39, 0.29) is 47.9 Å². The maximum Gasteiger partial charge on any atom is 0.306 e. The van der Waals surface area contributed by atoms with Gasteiger partial charge in [-0.3, -0.25) is 61.7 Å². The zero-order valence-electron chi connectivity index (χ0n) is 47.1. The van der Waals surface area contributed by atoms with Crippen LogP contribution in [0.3, 0.4) is 0 Å². The smallest absolute Gasteiger partial charge is 0.306 e. The number of primary amides is 1. The van der Waals surface area contributed by atoms with E-state index in [2.05, 4.69) is 36.9 Å². The van der Waals surface area contributed by atoms with E-state index >= 15 is 4.21 Å². The van der Waals surface area contributed by atoms with Gasteiger partial charge in [0.25, 0.3) is 0 Å². The summed E-state index contributed by atoms with van der Waals surface area (Å²) in [5.74, 6) is -15.2. The number of ketones is 3. The molecule has 2 aromatic rings. The number of ether oxygens (including phenoxy) is 1. The molecule has 3 aliphatic rings. The monoisotopic (exact) mass is 1200 g/mol. The van der Waals surface area contributed by atoms with Crippen LogP contribution in [0.15, 0.2) is 17.2 Å². The highest BCUT2D eigenvalue weighted by Crippen LogP contribution is 2.37. The molecular weight excluding hydrogens is 1130 g/mol. The van der Waals surface area contributed by atoms with Gasteiger partial charge in [0, 0.05) is 86.1 Å². The van der Waals surface area contributed by atoms with E-state index in [9.17, 15) is 72.9 Å². The number of thioether (sulfide) groups is 1. The van der Waals surface area contributed by atoms with Crippen LogP contribution in [0.4, 0.5) is 0 Å². The molecule has 4 heterocycles. The van der Waals surface area contributed by atoms with Crippen molar-refractivity contribution in [3.05, 3.63) is 23.3 Å². The number of aliphatic carboxylic acids is 1. The number of amides is 8. The number of carboxylic acids is 1. The van der Waals surface area contributed by atoms with E-state index in [0.29, 0.717) is 40.8 Å². The molecule has 3 aliphatic heterocycles. The minimum absolute atomic E-state index is 0.0215. The predicted octanol–water partition coefficient (Wildman–Crippen LogP) is -2.24. The van der Waals surface area contributed by atoms with Crippen LogP contribution < -0.4 is 42.4 Å². The fraction of sp³-hybridized carbons (Fsp3) is 0.630. The van der Waals surface area contributed by atoms with Gasteiger partial charge in [-0.05, 0) is 42.2 Å². The van der Waals surface area contributed by atoms with Crippen LogP contribution in [0.1, 0.15) is 96.6 Å². The first-order chi connectivity index (χ1) is 39.3. The molecule has 29 heteroatoms. The lowest BCUT2D eigenvalue weighted by molar-refractivity contribution is -0.144. The molecule has 0 spiro atoms. The number of nitrogens with one attached hydrogen (secondary N) is 7. The van der Waals surface area contributed by atoms with Crippen LogP contribution in [0.25, 0.3) is 10.9 Å². The Morgan fingerprint density at radius 2 is 1.64 bits per heavy atom. The fourth-order valence-electron chi connectivity index (χ4n) is 10.2. The van der Waals surface area contributed by atoms with Crippen LogP contribution >= 0.6 is 11.8 Å². The van der Waals surface area contributed by atoms with E-state index in [1.54, 1.807) is 26.0 Å². The number of nitrogens with two attached hydrogens (primary N) is 1. The van der Waals surface area contributed by atoms with Crippen molar-refractivity contribution in [3.63, 3.8) is 0 Å². The molecule has 1 aromatic heterocycles. The minimum Gasteiger partial charge on any atom is -0.496 e. The molecular formula is C54H77N9O18S2. The van der Waals surface area contributed by atoms with Gasteiger partial charge < -0.3 is 72.7 Å². The number of carbonyl (C=O) groups excluding carboxylic acids is 11. The molecule has 2 bridgehead atoms. The number of fused-ring (bicyclic) bond motifs is 5. The molecule has 8 amide bonds. The molecule has 5 rings (SSSR count). The number of aliphatic hydroxyl groups is 3. The summed E-state index contributed by atoms with van der Waals surface area (Å²) in [6.07, 6.45) is -5.14. The average molecular weight is 1200 g/mol. The Balaban J connectivity index is 1.66. The molecule has 0 radical (unpaired) electrons. The summed E-state index contributed by atoms with van der Waals surface area (Å²) in [6, 6.07) is -3.80. The summed E-state index contributed by atoms with van der Waals surface area (Å²) in [7, 11) is -1.03. The second kappa shape index (κ2) is 31.2. The third kappa shape index (κ3) is 18.3. The first kappa shape index (κ1) is 67.0. The number of hydrogen-bond acceptors (Lipinski definition) is 18. The maximum atomic E-state index is 15.3. The molecule has 1 aromatic carbocycles. The predicted molar refractivity (Wildman–Crippen MR) is 299 cm³/mol. The first-order valence-electron chi connectivity index (χ1n) is 27.5. The molecule has 27 nitrogen and oxygen atoms in total. The van der Waals surface area contributed by atoms with Crippen LogP contribution in [-0.2, 0) is 80.5 Å². The Morgan fingerprint density at radius 1 is 0.928 bits per heavy atom. The highest BCUT2D eigenvalue weighted by atomic mass is 32.2. The number of aliphatic hydroxyl groups excluding tert-OH is 3. The molecule has 0 saturated carbocycles. The van der Waals surface area contributed by atoms with E-state index in [1.807, 2.05) is 0 Å². The molecule has 12 atom stereocenters. The van der Waals surface area contributed by atoms with Crippen LogP contribution in [0.2, 0.25) is 0 Å². The van der Waals surface area contributed by atoms with Crippen molar-refractivity contribution in [1.82, 2.24) is 41.8 Å². The van der Waals surface area contributed by atoms with E-state index in [0.717, 1.165) is 4.90 Å². The van der Waals surface area contributed by atoms with Gasteiger partial charge in [-0.25, -0.2) is 0 Å². The van der Waals surface area contributed by atoms with Gasteiger partial charge in [-0.1, -0.05) is 34.1 Å². The fourth-order valence-corrected chi connectivity index (χ4v) is 12.5. The van der Waals surface area contributed by atoms with Crippen molar-refractivity contribution >= 4 is 104 Å². The molecule has 0 aliphatic carbocycles. The number of carbonyl (C=O) groups is 12. The first-order valence-corrected chi connectivity index (χ1v) is 30.0. The third-order valence-corrected chi connectivity index (χ3v) is 17.8. The Morgan fingerprint density at radius 3 is 2.30 bits per heavy atom. The number of nitrogens with zero attached hydrogens (tertiary/aromatic N) is 1. The standard InChI is InChI=1S/C54H77N9O18S2/c1-6-26(2)34-17-31(66)20-57-48(73)29-15-35-33-9-10-42(81-5)36(24-82-13-7-8-30(65)11-12-56-44(71)14-27(3)54(78)79)47(33)62-52(35)83(80)25-38(59-45(72)21-58-49(34)74)50(75)60-37(19-43(55)70)53(77)63-22-32(67)18-39(63)51(76)61-46(40(68)16-29)28(4)41(69)23-64/h9-10,26-29,32,34,37-39,41,46,62,64,67,69H,6-8,11-25H2,1-5H3,(H2,55,70)(H,56,71)(H,57,73)(H,58,74)(H,59,72)(H,60,75)(H,61,76)(H,78,79)/t26-,27?,28-,29+,32+,34-,37-,38-,39-,41-,46-,83?/m0/s1. The van der Waals surface area contributed by atoms with E-state index in [4.69, 9.17) is 15.6 Å². The topological polar surface area (TPSA) is 429 Å². The number of aromatic amines is 1. The van der Waals surface area contributed by atoms with Gasteiger partial charge in [0.15, 0.2) is 11.6 Å². The maximum absolute atomic E-state index is 15.3. The van der Waals surface area contributed by atoms with Gasteiger partial charge in [0.05, 0.1) is 79.5 Å². The minimum atomic E-state index is -2.44. The molecule has 1 fully saturated rings. The number of carboxylic acid groups (broad SMARTS) is 1. The summed E-state index contributed by atoms with van der Waals surface area (Å²) in [4.78, 5) is 167. The van der Waals surface area contributed by atoms with Crippen molar-refractivity contribution in [2.45, 2.75) is 139 Å². The lowest BCUT2D eigenvalue weighted by Crippen LogP contribution is -2.60. The normalized spacial score (nSPS) is 25.1. The summed E-state index contributed by atoms with van der Waals surface area (Å²) in [6.45, 7) is 3.44. The number of methoxy groups -OCH3 is 1. The summed E-state index contributed by atoms with van der Waals surface area (Å²) in [5, 5.41) is 56.3. The number of aromatic nitrogens is 1. The number of Topliss-reactive ketones (excluding diaryl/α,β-unsaturated/α-hetero) is 3. The second-order valence-electron chi connectivity index (χ2n) is 21.4. The average Bonchev–Trinajstić information content (AvgIpc) is 2.63. The van der Waals surface area contributed by atoms with Crippen LogP contribution in [0, 0.1) is 29.6 Å². The SMILES string of the molecule is CC[C@H](C)[C@@H]1CC(=O)CNC(=O)[C@H]2CC(=O)[C@H]([C@@H](C)[C@@H](O)CO)NC(=O)[C@@H]3C[C@@H](O)CN3C(=O)[C@H](CC(N)=O)NC(=O)[C@H](CS(=O)c3[nH]c4c(CSCCCC(=O)CCNC(=O)CC(C)C(=O)O)c(OC)ccc4c3C2)NC(=O)CNC1=O. The summed E-state index contributed by atoms with van der Waals surface area (Å²) in [5.41, 5.74) is 6.56. The number of benzene rings is 1. The highest BCUT2D eigenvalue weighted by molar-refractivity contribution is 7.98. The van der Waals surface area contributed by atoms with Gasteiger partial charge in [-0.2, -0.15) is 11.8 Å². The Hall–Kier alpha value is -6.82. The van der Waals surface area contributed by atoms with Crippen LogP contribution in [-0.4, -0.2) is 193 Å². The lowest BCUT2D eigenvalue weighted by atomic mass is 9.85. The summed E-state index contributed by atoms with van der Waals surface area (Å²) >= 11 is 1.39. The van der Waals surface area contributed by atoms with Gasteiger partial charge in [0.2, 0.25) is 47.3 Å². The van der Waals surface area contributed by atoms with Gasteiger partial charge in [-0.15, -0.1) is 0 Å². The molecule has 2 unspecified atom stereocenters. The third-order valence-electron chi connectivity index (χ3n) is 15.3. The quantitative estimate of drug-likeness (QED) is 0.0624. The van der Waals surface area contributed by atoms with Gasteiger partial charge >= 0.3 is 5.97 Å². The Bertz CT molecular complexity index is 2810. The second-order valence-corrected chi connectivity index (χ2v) is 24.0. The van der Waals surface area contributed by atoms with Crippen molar-refractivity contribution < 1.29 is 86.9 Å². The number of hydrogen-bond donors (Lipinski definition) is 12.